The molecule has 0 radical (unpaired) electrons. The zero-order chi connectivity index (χ0) is 19.3. The largest absolute Gasteiger partial charge is 1.00 e. The van der Waals surface area contributed by atoms with Crippen molar-refractivity contribution in [3.8, 4) is 0 Å². The van der Waals surface area contributed by atoms with Gasteiger partial charge in [0.1, 0.15) is 0 Å². The van der Waals surface area contributed by atoms with Crippen LogP contribution in [0.2, 0.25) is 6.55 Å². The number of hydrogen-bond donors (Lipinski definition) is 0. The summed E-state index contributed by atoms with van der Waals surface area (Å²) in [7, 11) is 0. The molecule has 4 aromatic carbocycles. The molecule has 4 rings (SSSR count). The van der Waals surface area contributed by atoms with Gasteiger partial charge in [0.25, 0.3) is 0 Å². The van der Waals surface area contributed by atoms with E-state index in [0.717, 1.165) is 0 Å². The van der Waals surface area contributed by atoms with E-state index in [4.69, 9.17) is 11.1 Å². The molecule has 5 heteroatoms. The van der Waals surface area contributed by atoms with Crippen LogP contribution in [0.25, 0.3) is 21.5 Å². The normalized spacial score (nSPS) is 9.43. The molecule has 0 unspecified atom stereocenters. The van der Waals surface area contributed by atoms with Crippen molar-refractivity contribution in [1.82, 2.24) is 0 Å². The molecule has 0 nitrogen and oxygen atoms in total. The predicted molar refractivity (Wildman–Crippen MR) is 116 cm³/mol. The third-order valence-electron chi connectivity index (χ3n) is 4.70. The molecule has 4 aromatic rings. The number of halogens is 3. The quantitative estimate of drug-likeness (QED) is 0.184. The molecule has 0 atom stereocenters. The number of aryl methyl sites for hydroxylation is 2. The van der Waals surface area contributed by atoms with Crippen molar-refractivity contribution in [3.05, 3.63) is 82.9 Å². The van der Waals surface area contributed by atoms with Gasteiger partial charge in [-0.05, 0) is 0 Å². The molecule has 0 bridgehead atoms. The van der Waals surface area contributed by atoms with Crippen LogP contribution in [-0.2, 0) is 23.3 Å². The summed E-state index contributed by atoms with van der Waals surface area (Å²) in [5.41, 5.74) is 5.75. The third kappa shape index (κ3) is 7.47. The fourth-order valence-corrected chi connectivity index (χ4v) is 3.04. The fraction of sp³-hybridized carbons (Fsp3) is 0.217. The van der Waals surface area contributed by atoms with Crippen LogP contribution in [0, 0.1) is 27.7 Å². The Morgan fingerprint density at radius 3 is 1.57 bits per heavy atom. The number of hydrogen-bond acceptors (Lipinski definition) is 0. The summed E-state index contributed by atoms with van der Waals surface area (Å²) in [5, 5.41) is 5.39. The van der Waals surface area contributed by atoms with Gasteiger partial charge in [-0.1, -0.05) is 64.1 Å². The van der Waals surface area contributed by atoms with Crippen LogP contribution in [-0.4, -0.2) is 4.74 Å². The molecule has 0 N–H and O–H groups in total. The summed E-state index contributed by atoms with van der Waals surface area (Å²) in [6, 6.07) is 21.5. The molecule has 0 heterocycles. The SMILES string of the molecule is C[Si](Cl)=[Zr+2].Cc1c[c-](C)c(C)c1C.[Cl-].[Cl-].c1ccc2c(c1)[cH-]c1ccccc12. The van der Waals surface area contributed by atoms with Gasteiger partial charge in [-0.25, -0.2) is 0 Å². The topological polar surface area (TPSA) is 0 Å². The van der Waals surface area contributed by atoms with E-state index < -0.39 is 0 Å². The van der Waals surface area contributed by atoms with Crippen LogP contribution in [0.5, 0.6) is 0 Å². The number of fused-ring (bicyclic) bond motifs is 3. The molecule has 0 spiro atoms. The van der Waals surface area contributed by atoms with Crippen LogP contribution in [0.4, 0.5) is 0 Å². The Bertz CT molecular complexity index is 954. The maximum atomic E-state index is 5.42. The van der Waals surface area contributed by atoms with Crippen LogP contribution in [0.15, 0.2) is 60.7 Å². The Morgan fingerprint density at radius 2 is 1.29 bits per heavy atom. The van der Waals surface area contributed by atoms with E-state index in [1.54, 1.807) is 0 Å². The Kier molecular flexibility index (Phi) is 12.9. The van der Waals surface area contributed by atoms with Gasteiger partial charge in [0.05, 0.1) is 0 Å². The second-order valence-electron chi connectivity index (χ2n) is 6.61. The maximum Gasteiger partial charge on any atom is -0.0630 e. The van der Waals surface area contributed by atoms with Crippen LogP contribution >= 0.6 is 11.1 Å². The second-order valence-corrected chi connectivity index (χ2v) is 17.2. The monoisotopic (exact) mass is 524 g/mol. The Labute approximate surface area is 201 Å². The zero-order valence-corrected chi connectivity index (χ0v) is 22.6. The van der Waals surface area contributed by atoms with Crippen LogP contribution in [0.1, 0.15) is 22.3 Å². The van der Waals surface area contributed by atoms with Crippen molar-refractivity contribution >= 4 is 37.4 Å². The molecule has 0 saturated heterocycles. The maximum absolute atomic E-state index is 5.42. The van der Waals surface area contributed by atoms with Gasteiger partial charge < -0.3 is 24.8 Å². The van der Waals surface area contributed by atoms with E-state index in [0.29, 0.717) is 0 Å². The minimum absolute atomic E-state index is 0. The minimum Gasteiger partial charge on any atom is -1.00 e. The molecule has 0 fully saturated rings. The van der Waals surface area contributed by atoms with Gasteiger partial charge in [-0.15, -0.1) is 39.7 Å². The summed E-state index contributed by atoms with van der Waals surface area (Å²) in [5.74, 6) is 0. The molecule has 0 aliphatic heterocycles. The molecule has 0 aliphatic rings. The van der Waals surface area contributed by atoms with Crippen molar-refractivity contribution in [3.63, 3.8) is 0 Å². The van der Waals surface area contributed by atoms with E-state index in [1.807, 2.05) is 0 Å². The van der Waals surface area contributed by atoms with Gasteiger partial charge in [0.2, 0.25) is 0 Å². The minimum atomic E-state index is -0.317. The average Bonchev–Trinajstić information content (AvgIpc) is 3.08. The van der Waals surface area contributed by atoms with E-state index in [-0.39, 0.29) is 29.6 Å². The van der Waals surface area contributed by atoms with Gasteiger partial charge in [-0.3, -0.25) is 0 Å². The second kappa shape index (κ2) is 13.0. The summed E-state index contributed by atoms with van der Waals surface area (Å²) in [6.45, 7) is 10.8. The molecular formula is C23H25Cl3SiZr-2. The summed E-state index contributed by atoms with van der Waals surface area (Å²) < 4.78 is -0.317. The van der Waals surface area contributed by atoms with E-state index in [9.17, 15) is 0 Å². The average molecular weight is 527 g/mol. The number of rotatable bonds is 0. The first-order valence-electron chi connectivity index (χ1n) is 8.75. The first kappa shape index (κ1) is 27.6. The van der Waals surface area contributed by atoms with Crippen LogP contribution in [0.3, 0.4) is 0 Å². The van der Waals surface area contributed by atoms with Crippen molar-refractivity contribution in [1.29, 1.82) is 0 Å². The van der Waals surface area contributed by atoms with E-state index in [2.05, 4.69) is 94.9 Å². The fourth-order valence-electron chi connectivity index (χ4n) is 3.04. The van der Waals surface area contributed by atoms with Gasteiger partial charge in [-0.2, -0.15) is 28.3 Å². The van der Waals surface area contributed by atoms with Gasteiger partial charge in [0.15, 0.2) is 0 Å². The molecule has 0 amide bonds. The van der Waals surface area contributed by atoms with Gasteiger partial charge in [0, 0.05) is 0 Å². The van der Waals surface area contributed by atoms with Crippen molar-refractivity contribution in [2.45, 2.75) is 34.2 Å². The van der Waals surface area contributed by atoms with Crippen molar-refractivity contribution in [2.75, 3.05) is 0 Å². The molecule has 28 heavy (non-hydrogen) atoms. The Balaban J connectivity index is 0.000000432. The van der Waals surface area contributed by atoms with Crippen molar-refractivity contribution < 1.29 is 48.1 Å². The van der Waals surface area contributed by atoms with Gasteiger partial charge >= 0.3 is 45.7 Å². The number of benzene rings is 2. The summed E-state index contributed by atoms with van der Waals surface area (Å²) in [6.07, 6.45) is 0. The van der Waals surface area contributed by atoms with Crippen molar-refractivity contribution in [2.24, 2.45) is 0 Å². The Hall–Kier alpha value is -0.370. The zero-order valence-electron chi connectivity index (χ0n) is 16.9. The van der Waals surface area contributed by atoms with Crippen LogP contribution < -0.4 is 24.8 Å². The molecule has 0 saturated carbocycles. The first-order chi connectivity index (χ1) is 12.3. The molecule has 0 aromatic heterocycles. The summed E-state index contributed by atoms with van der Waals surface area (Å²) in [4.78, 5) is 0. The molecule has 0 aliphatic carbocycles. The first-order valence-corrected chi connectivity index (χ1v) is 15.4. The summed E-state index contributed by atoms with van der Waals surface area (Å²) >= 11 is 6.92. The smallest absolute Gasteiger partial charge is 0.0630 e. The standard InChI is InChI=1S/C13H9.C9H13.CH3ClSi.2ClH.Zr/c1-3-7-12-10(5-1)9-11-6-2-4-8-13(11)12;1-6-5-7(2)9(4)8(6)3;1-3-2;;;/h1-9H;5H,1-4H3;1H3;2*1H;/q2*-1;;;;+2/p-2. The van der Waals surface area contributed by atoms with E-state index in [1.165, 1.54) is 67.1 Å². The molecule has 148 valence electrons. The predicted octanol–water partition coefficient (Wildman–Crippen LogP) is 1.25. The molecular weight excluding hydrogens is 502 g/mol. The Morgan fingerprint density at radius 1 is 0.893 bits per heavy atom. The third-order valence-corrected chi connectivity index (χ3v) is 4.70. The van der Waals surface area contributed by atoms with E-state index >= 15 is 0 Å².